The summed E-state index contributed by atoms with van der Waals surface area (Å²) < 4.78 is 25.9. The van der Waals surface area contributed by atoms with E-state index in [1.54, 1.807) is 15.6 Å². The standard InChI is InChI=1S/C16H26N2O3S2/c1-3-4-11-23(20,21)18-9-7-14(8-10-18)16(19)17-12-15-6-5-13(2)22-15/h5-6,14H,3-4,7-12H2,1-2H3,(H,17,19). The molecule has 0 aromatic carbocycles. The highest BCUT2D eigenvalue weighted by Crippen LogP contribution is 2.21. The van der Waals surface area contributed by atoms with Gasteiger partial charge in [0.05, 0.1) is 12.3 Å². The average Bonchev–Trinajstić information content (AvgIpc) is 2.96. The van der Waals surface area contributed by atoms with Crippen LogP contribution >= 0.6 is 11.3 Å². The van der Waals surface area contributed by atoms with Gasteiger partial charge in [0.15, 0.2) is 0 Å². The third-order valence-electron chi connectivity index (χ3n) is 4.21. The number of carbonyl (C=O) groups is 1. The van der Waals surface area contributed by atoms with Crippen LogP contribution in [0, 0.1) is 12.8 Å². The Kier molecular flexibility index (Phi) is 6.61. The van der Waals surface area contributed by atoms with Crippen LogP contribution in [0.5, 0.6) is 0 Å². The summed E-state index contributed by atoms with van der Waals surface area (Å²) in [4.78, 5) is 14.6. The van der Waals surface area contributed by atoms with E-state index in [2.05, 4.69) is 5.32 Å². The Balaban J connectivity index is 1.78. The number of piperidine rings is 1. The van der Waals surface area contributed by atoms with Gasteiger partial charge in [-0.25, -0.2) is 12.7 Å². The number of rotatable bonds is 7. The van der Waals surface area contributed by atoms with Gasteiger partial charge in [0.1, 0.15) is 0 Å². The zero-order chi connectivity index (χ0) is 16.9. The van der Waals surface area contributed by atoms with Crippen molar-refractivity contribution in [3.63, 3.8) is 0 Å². The van der Waals surface area contributed by atoms with Crippen LogP contribution in [0.3, 0.4) is 0 Å². The smallest absolute Gasteiger partial charge is 0.223 e. The number of nitrogens with zero attached hydrogens (tertiary/aromatic N) is 1. The molecule has 23 heavy (non-hydrogen) atoms. The maximum atomic E-state index is 12.2. The minimum atomic E-state index is -3.14. The molecule has 1 N–H and O–H groups in total. The van der Waals surface area contributed by atoms with Crippen molar-refractivity contribution in [3.8, 4) is 0 Å². The molecular weight excluding hydrogens is 332 g/mol. The molecule has 0 bridgehead atoms. The Bertz CT molecular complexity index is 617. The van der Waals surface area contributed by atoms with Crippen molar-refractivity contribution in [2.24, 2.45) is 5.92 Å². The van der Waals surface area contributed by atoms with Crippen molar-refractivity contribution >= 4 is 27.3 Å². The molecular formula is C16H26N2O3S2. The van der Waals surface area contributed by atoms with Crippen LogP contribution in [0.4, 0.5) is 0 Å². The molecule has 1 amide bonds. The van der Waals surface area contributed by atoms with E-state index < -0.39 is 10.0 Å². The number of amides is 1. The first-order valence-corrected chi connectivity index (χ1v) is 10.7. The quantitative estimate of drug-likeness (QED) is 0.814. The summed E-state index contributed by atoms with van der Waals surface area (Å²) in [6.45, 7) is 5.52. The summed E-state index contributed by atoms with van der Waals surface area (Å²) in [7, 11) is -3.14. The fraction of sp³-hybridized carbons (Fsp3) is 0.688. The number of thiophene rings is 1. The van der Waals surface area contributed by atoms with Crippen LogP contribution in [0.15, 0.2) is 12.1 Å². The van der Waals surface area contributed by atoms with Crippen molar-refractivity contribution in [1.82, 2.24) is 9.62 Å². The van der Waals surface area contributed by atoms with Gasteiger partial charge >= 0.3 is 0 Å². The Morgan fingerprint density at radius 3 is 2.61 bits per heavy atom. The highest BCUT2D eigenvalue weighted by atomic mass is 32.2. The SMILES string of the molecule is CCCCS(=O)(=O)N1CCC(C(=O)NCc2ccc(C)s2)CC1. The predicted octanol–water partition coefficient (Wildman–Crippen LogP) is 2.51. The molecule has 0 radical (unpaired) electrons. The molecule has 1 fully saturated rings. The molecule has 2 rings (SSSR count). The van der Waals surface area contributed by atoms with E-state index in [4.69, 9.17) is 0 Å². The van der Waals surface area contributed by atoms with Crippen LogP contribution < -0.4 is 5.32 Å². The van der Waals surface area contributed by atoms with E-state index in [0.29, 0.717) is 38.9 Å². The Morgan fingerprint density at radius 1 is 1.35 bits per heavy atom. The average molecular weight is 359 g/mol. The maximum Gasteiger partial charge on any atom is 0.223 e. The molecule has 5 nitrogen and oxygen atoms in total. The van der Waals surface area contributed by atoms with E-state index in [-0.39, 0.29) is 17.6 Å². The lowest BCUT2D eigenvalue weighted by Crippen LogP contribution is -2.43. The second kappa shape index (κ2) is 8.26. The lowest BCUT2D eigenvalue weighted by molar-refractivity contribution is -0.126. The van der Waals surface area contributed by atoms with Crippen molar-refractivity contribution in [1.29, 1.82) is 0 Å². The largest absolute Gasteiger partial charge is 0.351 e. The van der Waals surface area contributed by atoms with E-state index in [9.17, 15) is 13.2 Å². The van der Waals surface area contributed by atoms with Crippen LogP contribution in [-0.4, -0.2) is 37.5 Å². The number of carbonyl (C=O) groups excluding carboxylic acids is 1. The molecule has 2 heterocycles. The Morgan fingerprint density at radius 2 is 2.04 bits per heavy atom. The molecule has 0 aliphatic carbocycles. The Labute approximate surface area is 143 Å². The number of hydrogen-bond acceptors (Lipinski definition) is 4. The predicted molar refractivity (Wildman–Crippen MR) is 93.9 cm³/mol. The third-order valence-corrected chi connectivity index (χ3v) is 7.16. The summed E-state index contributed by atoms with van der Waals surface area (Å²) >= 11 is 1.69. The first-order valence-electron chi connectivity index (χ1n) is 8.23. The number of hydrogen-bond donors (Lipinski definition) is 1. The van der Waals surface area contributed by atoms with E-state index in [0.717, 1.165) is 11.3 Å². The number of aryl methyl sites for hydroxylation is 1. The summed E-state index contributed by atoms with van der Waals surface area (Å²) in [5.74, 6) is 0.188. The van der Waals surface area contributed by atoms with Gasteiger partial charge < -0.3 is 5.32 Å². The summed E-state index contributed by atoms with van der Waals surface area (Å²) in [5, 5.41) is 2.97. The van der Waals surface area contributed by atoms with Gasteiger partial charge in [0.2, 0.25) is 15.9 Å². The monoisotopic (exact) mass is 358 g/mol. The van der Waals surface area contributed by atoms with Crippen molar-refractivity contribution < 1.29 is 13.2 Å². The fourth-order valence-corrected chi connectivity index (χ4v) is 5.26. The maximum absolute atomic E-state index is 12.2. The molecule has 1 aromatic rings. The lowest BCUT2D eigenvalue weighted by Gasteiger charge is -2.30. The molecule has 1 saturated heterocycles. The topological polar surface area (TPSA) is 66.5 Å². The molecule has 1 aromatic heterocycles. The number of unbranched alkanes of at least 4 members (excludes halogenated alkanes) is 1. The van der Waals surface area contributed by atoms with Crippen LogP contribution in [0.2, 0.25) is 0 Å². The molecule has 1 aliphatic heterocycles. The summed E-state index contributed by atoms with van der Waals surface area (Å²) in [5.41, 5.74) is 0. The van der Waals surface area contributed by atoms with Gasteiger partial charge in [-0.05, 0) is 38.3 Å². The van der Waals surface area contributed by atoms with Gasteiger partial charge in [0, 0.05) is 28.8 Å². The van der Waals surface area contributed by atoms with Crippen molar-refractivity contribution in [2.45, 2.75) is 46.1 Å². The molecule has 0 unspecified atom stereocenters. The van der Waals surface area contributed by atoms with Gasteiger partial charge in [0.25, 0.3) is 0 Å². The summed E-state index contributed by atoms with van der Waals surface area (Å²) in [6, 6.07) is 4.08. The lowest BCUT2D eigenvalue weighted by atomic mass is 9.97. The minimum absolute atomic E-state index is 0.0432. The number of nitrogens with one attached hydrogen (secondary N) is 1. The van der Waals surface area contributed by atoms with Gasteiger partial charge in [-0.3, -0.25) is 4.79 Å². The highest BCUT2D eigenvalue weighted by molar-refractivity contribution is 7.89. The highest BCUT2D eigenvalue weighted by Gasteiger charge is 2.30. The van der Waals surface area contributed by atoms with E-state index in [1.165, 1.54) is 4.88 Å². The first kappa shape index (κ1) is 18.4. The van der Waals surface area contributed by atoms with Gasteiger partial charge in [-0.2, -0.15) is 0 Å². The second-order valence-electron chi connectivity index (χ2n) is 6.07. The fourth-order valence-electron chi connectivity index (χ4n) is 2.75. The molecule has 7 heteroatoms. The zero-order valence-corrected chi connectivity index (χ0v) is 15.5. The number of sulfonamides is 1. The molecule has 0 spiro atoms. The Hall–Kier alpha value is -0.920. The molecule has 1 aliphatic rings. The minimum Gasteiger partial charge on any atom is -0.351 e. The van der Waals surface area contributed by atoms with Gasteiger partial charge in [-0.1, -0.05) is 13.3 Å². The van der Waals surface area contributed by atoms with Gasteiger partial charge in [-0.15, -0.1) is 11.3 Å². The second-order valence-corrected chi connectivity index (χ2v) is 9.53. The van der Waals surface area contributed by atoms with Crippen molar-refractivity contribution in [3.05, 3.63) is 21.9 Å². The summed E-state index contributed by atoms with van der Waals surface area (Å²) in [6.07, 6.45) is 2.80. The van der Waals surface area contributed by atoms with Crippen molar-refractivity contribution in [2.75, 3.05) is 18.8 Å². The van der Waals surface area contributed by atoms with Crippen LogP contribution in [-0.2, 0) is 21.4 Å². The molecule has 130 valence electrons. The molecule has 0 atom stereocenters. The van der Waals surface area contributed by atoms with Crippen LogP contribution in [0.25, 0.3) is 0 Å². The van der Waals surface area contributed by atoms with E-state index in [1.807, 2.05) is 26.0 Å². The third kappa shape index (κ3) is 5.29. The molecule has 0 saturated carbocycles. The normalized spacial score (nSPS) is 17.3. The van der Waals surface area contributed by atoms with E-state index >= 15 is 0 Å². The first-order chi connectivity index (χ1) is 10.9. The van der Waals surface area contributed by atoms with Crippen LogP contribution in [0.1, 0.15) is 42.4 Å². The zero-order valence-electron chi connectivity index (χ0n) is 13.9.